The van der Waals surface area contributed by atoms with Crippen molar-refractivity contribution in [1.82, 2.24) is 0 Å². The second kappa shape index (κ2) is 3.92. The highest BCUT2D eigenvalue weighted by molar-refractivity contribution is 5.39. The minimum absolute atomic E-state index is 0.885. The Hall–Kier alpha value is -0.520. The summed E-state index contributed by atoms with van der Waals surface area (Å²) < 4.78 is 0. The molecule has 0 amide bonds. The smallest absolute Gasteiger partial charge is 0.0137 e. The second-order valence-corrected chi connectivity index (χ2v) is 4.96. The SMILES string of the molecule is CCCC1=C(C)C2CCCC2C=C1C. The maximum Gasteiger partial charge on any atom is -0.0137 e. The maximum absolute atomic E-state index is 2.55. The highest BCUT2D eigenvalue weighted by atomic mass is 14.4. The van der Waals surface area contributed by atoms with E-state index in [1.54, 1.807) is 16.7 Å². The summed E-state index contributed by atoms with van der Waals surface area (Å²) in [7, 11) is 0. The van der Waals surface area contributed by atoms with Crippen molar-refractivity contribution < 1.29 is 0 Å². The van der Waals surface area contributed by atoms with E-state index < -0.39 is 0 Å². The standard InChI is InChI=1S/C14H22/c1-4-6-13-10(2)9-12-7-5-8-14(12)11(13)3/h9,12,14H,4-8H2,1-3H3. The molecular weight excluding hydrogens is 168 g/mol. The molecule has 2 aliphatic rings. The number of rotatable bonds is 2. The van der Waals surface area contributed by atoms with Gasteiger partial charge < -0.3 is 0 Å². The van der Waals surface area contributed by atoms with Crippen molar-refractivity contribution in [2.75, 3.05) is 0 Å². The van der Waals surface area contributed by atoms with Crippen LogP contribution < -0.4 is 0 Å². The van der Waals surface area contributed by atoms with Gasteiger partial charge in [-0.1, -0.05) is 37.0 Å². The summed E-state index contributed by atoms with van der Waals surface area (Å²) >= 11 is 0. The Morgan fingerprint density at radius 2 is 2.07 bits per heavy atom. The van der Waals surface area contributed by atoms with Gasteiger partial charge in [0.05, 0.1) is 0 Å². The lowest BCUT2D eigenvalue weighted by Crippen LogP contribution is -2.14. The van der Waals surface area contributed by atoms with Crippen LogP contribution in [-0.2, 0) is 0 Å². The molecule has 0 aromatic rings. The third-order valence-corrected chi connectivity index (χ3v) is 4.04. The van der Waals surface area contributed by atoms with Crippen molar-refractivity contribution >= 4 is 0 Å². The summed E-state index contributed by atoms with van der Waals surface area (Å²) in [5, 5.41) is 0. The van der Waals surface area contributed by atoms with Crippen LogP contribution in [0.3, 0.4) is 0 Å². The van der Waals surface area contributed by atoms with Gasteiger partial charge in [-0.25, -0.2) is 0 Å². The van der Waals surface area contributed by atoms with Crippen LogP contribution in [0.15, 0.2) is 22.8 Å². The minimum atomic E-state index is 0.885. The van der Waals surface area contributed by atoms with Crippen molar-refractivity contribution in [2.24, 2.45) is 11.8 Å². The lowest BCUT2D eigenvalue weighted by molar-refractivity contribution is 0.509. The Morgan fingerprint density at radius 1 is 1.29 bits per heavy atom. The molecule has 0 aromatic carbocycles. The summed E-state index contributed by atoms with van der Waals surface area (Å²) in [5.74, 6) is 1.79. The molecule has 2 atom stereocenters. The highest BCUT2D eigenvalue weighted by Crippen LogP contribution is 2.44. The van der Waals surface area contributed by atoms with Gasteiger partial charge in [-0.2, -0.15) is 0 Å². The van der Waals surface area contributed by atoms with Crippen molar-refractivity contribution in [3.8, 4) is 0 Å². The normalized spacial score (nSPS) is 31.8. The van der Waals surface area contributed by atoms with Crippen molar-refractivity contribution in [1.29, 1.82) is 0 Å². The van der Waals surface area contributed by atoms with Gasteiger partial charge in [0.1, 0.15) is 0 Å². The van der Waals surface area contributed by atoms with Crippen LogP contribution in [0.2, 0.25) is 0 Å². The molecule has 0 nitrogen and oxygen atoms in total. The summed E-state index contributed by atoms with van der Waals surface area (Å²) in [5.41, 5.74) is 4.97. The Bertz CT molecular complexity index is 280. The zero-order valence-corrected chi connectivity index (χ0v) is 9.77. The molecule has 0 radical (unpaired) electrons. The molecule has 2 aliphatic carbocycles. The molecule has 2 unspecified atom stereocenters. The van der Waals surface area contributed by atoms with Crippen molar-refractivity contribution in [3.05, 3.63) is 22.8 Å². The first-order chi connectivity index (χ1) is 6.74. The van der Waals surface area contributed by atoms with Gasteiger partial charge in [-0.15, -0.1) is 0 Å². The molecule has 1 saturated carbocycles. The molecule has 0 heterocycles. The quantitative estimate of drug-likeness (QED) is 0.602. The number of hydrogen-bond donors (Lipinski definition) is 0. The zero-order chi connectivity index (χ0) is 10.1. The maximum atomic E-state index is 2.55. The lowest BCUT2D eigenvalue weighted by Gasteiger charge is -2.27. The fourth-order valence-corrected chi connectivity index (χ4v) is 3.33. The zero-order valence-electron chi connectivity index (χ0n) is 9.77. The summed E-state index contributed by atoms with van der Waals surface area (Å²) in [6.07, 6.45) is 9.43. The van der Waals surface area contributed by atoms with Gasteiger partial charge >= 0.3 is 0 Å². The average Bonchev–Trinajstić information content (AvgIpc) is 2.60. The minimum Gasteiger partial charge on any atom is -0.0776 e. The predicted molar refractivity (Wildman–Crippen MR) is 62.2 cm³/mol. The Labute approximate surface area is 88.1 Å². The third-order valence-electron chi connectivity index (χ3n) is 4.04. The first-order valence-electron chi connectivity index (χ1n) is 6.12. The van der Waals surface area contributed by atoms with Gasteiger partial charge in [0, 0.05) is 0 Å². The van der Waals surface area contributed by atoms with E-state index >= 15 is 0 Å². The molecule has 0 heteroatoms. The van der Waals surface area contributed by atoms with Crippen LogP contribution in [0.25, 0.3) is 0 Å². The highest BCUT2D eigenvalue weighted by Gasteiger charge is 2.31. The molecule has 0 aromatic heterocycles. The van der Waals surface area contributed by atoms with Gasteiger partial charge in [0.2, 0.25) is 0 Å². The van der Waals surface area contributed by atoms with Crippen LogP contribution in [-0.4, -0.2) is 0 Å². The molecule has 0 N–H and O–H groups in total. The average molecular weight is 190 g/mol. The van der Waals surface area contributed by atoms with Gasteiger partial charge in [0.15, 0.2) is 0 Å². The van der Waals surface area contributed by atoms with E-state index in [1.165, 1.54) is 32.1 Å². The number of fused-ring (bicyclic) bond motifs is 1. The van der Waals surface area contributed by atoms with E-state index in [-0.39, 0.29) is 0 Å². The van der Waals surface area contributed by atoms with E-state index in [0.29, 0.717) is 0 Å². The van der Waals surface area contributed by atoms with Crippen molar-refractivity contribution in [3.63, 3.8) is 0 Å². The molecule has 2 rings (SSSR count). The first kappa shape index (κ1) is 10.0. The second-order valence-electron chi connectivity index (χ2n) is 4.96. The summed E-state index contributed by atoms with van der Waals surface area (Å²) in [4.78, 5) is 0. The van der Waals surface area contributed by atoms with E-state index in [4.69, 9.17) is 0 Å². The molecular formula is C14H22. The van der Waals surface area contributed by atoms with E-state index in [2.05, 4.69) is 26.8 Å². The van der Waals surface area contributed by atoms with E-state index in [0.717, 1.165) is 11.8 Å². The molecule has 78 valence electrons. The largest absolute Gasteiger partial charge is 0.0776 e. The monoisotopic (exact) mass is 190 g/mol. The summed E-state index contributed by atoms with van der Waals surface area (Å²) in [6, 6.07) is 0. The van der Waals surface area contributed by atoms with E-state index in [9.17, 15) is 0 Å². The Balaban J connectivity index is 2.28. The van der Waals surface area contributed by atoms with Crippen LogP contribution in [0.5, 0.6) is 0 Å². The third kappa shape index (κ3) is 1.55. The lowest BCUT2D eigenvalue weighted by atomic mass is 9.78. The fourth-order valence-electron chi connectivity index (χ4n) is 3.33. The van der Waals surface area contributed by atoms with Gasteiger partial charge in [-0.3, -0.25) is 0 Å². The predicted octanol–water partition coefficient (Wildman–Crippen LogP) is 4.48. The molecule has 1 fully saturated rings. The van der Waals surface area contributed by atoms with Gasteiger partial charge in [0.25, 0.3) is 0 Å². The molecule has 0 saturated heterocycles. The van der Waals surface area contributed by atoms with Crippen LogP contribution in [0, 0.1) is 11.8 Å². The number of allylic oxidation sites excluding steroid dienone is 4. The Kier molecular flexibility index (Phi) is 2.80. The van der Waals surface area contributed by atoms with E-state index in [1.807, 2.05) is 0 Å². The first-order valence-corrected chi connectivity index (χ1v) is 6.12. The summed E-state index contributed by atoms with van der Waals surface area (Å²) in [6.45, 7) is 6.97. The van der Waals surface area contributed by atoms with Gasteiger partial charge in [-0.05, 0) is 50.5 Å². The topological polar surface area (TPSA) is 0 Å². The molecule has 0 aliphatic heterocycles. The number of hydrogen-bond acceptors (Lipinski definition) is 0. The van der Waals surface area contributed by atoms with Crippen LogP contribution in [0.1, 0.15) is 52.9 Å². The Morgan fingerprint density at radius 3 is 2.79 bits per heavy atom. The molecule has 0 spiro atoms. The van der Waals surface area contributed by atoms with Crippen molar-refractivity contribution in [2.45, 2.75) is 52.9 Å². The van der Waals surface area contributed by atoms with Crippen LogP contribution >= 0.6 is 0 Å². The molecule has 0 bridgehead atoms. The fraction of sp³-hybridized carbons (Fsp3) is 0.714. The van der Waals surface area contributed by atoms with Crippen LogP contribution in [0.4, 0.5) is 0 Å². The molecule has 14 heavy (non-hydrogen) atoms.